The molecule has 2 aromatic rings. The number of nitriles is 1. The van der Waals surface area contributed by atoms with Crippen LogP contribution in [0.3, 0.4) is 0 Å². The molecule has 3 N–H and O–H groups in total. The quantitative estimate of drug-likeness (QED) is 0.767. The number of hydrogen-bond acceptors (Lipinski definition) is 4. The maximum Gasteiger partial charge on any atom is 0.213 e. The second-order valence-electron chi connectivity index (χ2n) is 5.45. The molecule has 0 aromatic carbocycles. The molecule has 6 nitrogen and oxygen atoms in total. The van der Waals surface area contributed by atoms with E-state index in [0.29, 0.717) is 12.2 Å². The van der Waals surface area contributed by atoms with Gasteiger partial charge in [-0.05, 0) is 0 Å². The zero-order valence-corrected chi connectivity index (χ0v) is 11.1. The first-order chi connectivity index (χ1) is 8.86. The number of hydrogen-bond donors (Lipinski definition) is 3. The van der Waals surface area contributed by atoms with Crippen LogP contribution in [0.25, 0.3) is 0 Å². The molecule has 0 saturated carbocycles. The summed E-state index contributed by atoms with van der Waals surface area (Å²) in [6.45, 7) is 6.07. The first kappa shape index (κ1) is 13.0. The SMILES string of the molecule is CC(C)(C)c1c(O)c(C#N)c(O)n1Cc1cn[nH]c1. The molecular weight excluding hydrogens is 244 g/mol. The Morgan fingerprint density at radius 2 is 2.11 bits per heavy atom. The van der Waals surface area contributed by atoms with Crippen LogP contribution in [0, 0.1) is 11.3 Å². The standard InChI is InChI=1S/C13H16N4O2/c1-13(2,3)11-10(18)9(4-14)12(19)17(11)7-8-5-15-16-6-8/h5-6,18-19H,7H2,1-3H3,(H,15,16). The van der Waals surface area contributed by atoms with Crippen LogP contribution in [-0.2, 0) is 12.0 Å². The van der Waals surface area contributed by atoms with Gasteiger partial charge in [0.1, 0.15) is 6.07 Å². The Balaban J connectivity index is 2.62. The van der Waals surface area contributed by atoms with E-state index in [1.807, 2.05) is 26.8 Å². The van der Waals surface area contributed by atoms with Gasteiger partial charge in [-0.15, -0.1) is 0 Å². The van der Waals surface area contributed by atoms with Gasteiger partial charge in [0, 0.05) is 17.2 Å². The molecule has 0 bridgehead atoms. The summed E-state index contributed by atoms with van der Waals surface area (Å²) in [5.74, 6) is -0.373. The van der Waals surface area contributed by atoms with E-state index in [9.17, 15) is 10.2 Å². The van der Waals surface area contributed by atoms with E-state index in [4.69, 9.17) is 5.26 Å². The molecule has 0 aliphatic rings. The molecule has 2 heterocycles. The van der Waals surface area contributed by atoms with Crippen molar-refractivity contribution in [2.75, 3.05) is 0 Å². The maximum absolute atomic E-state index is 10.1. The Morgan fingerprint density at radius 1 is 1.42 bits per heavy atom. The highest BCUT2D eigenvalue weighted by Gasteiger charge is 2.30. The van der Waals surface area contributed by atoms with Crippen molar-refractivity contribution < 1.29 is 10.2 Å². The zero-order valence-electron chi connectivity index (χ0n) is 11.1. The number of aromatic nitrogens is 3. The fourth-order valence-electron chi connectivity index (χ4n) is 2.16. The average molecular weight is 260 g/mol. The monoisotopic (exact) mass is 260 g/mol. The summed E-state index contributed by atoms with van der Waals surface area (Å²) in [7, 11) is 0. The molecule has 0 aliphatic carbocycles. The topological polar surface area (TPSA) is 97.9 Å². The second kappa shape index (κ2) is 4.35. The van der Waals surface area contributed by atoms with Crippen LogP contribution in [0.1, 0.15) is 37.6 Å². The maximum atomic E-state index is 10.1. The first-order valence-corrected chi connectivity index (χ1v) is 5.89. The van der Waals surface area contributed by atoms with Crippen molar-refractivity contribution in [3.05, 3.63) is 29.2 Å². The van der Waals surface area contributed by atoms with E-state index < -0.39 is 5.41 Å². The zero-order chi connectivity index (χ0) is 14.2. The lowest BCUT2D eigenvalue weighted by atomic mass is 9.91. The number of rotatable bonds is 2. The third-order valence-corrected chi connectivity index (χ3v) is 2.93. The summed E-state index contributed by atoms with van der Waals surface area (Å²) in [4.78, 5) is 0. The van der Waals surface area contributed by atoms with Crippen molar-refractivity contribution in [3.63, 3.8) is 0 Å². The Labute approximate surface area is 110 Å². The Kier molecular flexibility index (Phi) is 2.98. The third-order valence-electron chi connectivity index (χ3n) is 2.93. The van der Waals surface area contributed by atoms with Crippen LogP contribution >= 0.6 is 0 Å². The van der Waals surface area contributed by atoms with Gasteiger partial charge in [0.2, 0.25) is 5.88 Å². The number of aromatic amines is 1. The van der Waals surface area contributed by atoms with Crippen LogP contribution in [-0.4, -0.2) is 25.0 Å². The van der Waals surface area contributed by atoms with Gasteiger partial charge in [0.15, 0.2) is 11.3 Å². The van der Waals surface area contributed by atoms with Crippen LogP contribution in [0.4, 0.5) is 0 Å². The molecule has 0 atom stereocenters. The summed E-state index contributed by atoms with van der Waals surface area (Å²) in [5.41, 5.74) is 0.886. The van der Waals surface area contributed by atoms with Crippen molar-refractivity contribution in [1.29, 1.82) is 5.26 Å². The van der Waals surface area contributed by atoms with Crippen molar-refractivity contribution in [2.24, 2.45) is 0 Å². The smallest absolute Gasteiger partial charge is 0.213 e. The molecule has 0 aliphatic heterocycles. The Hall–Kier alpha value is -2.42. The molecule has 0 spiro atoms. The second-order valence-corrected chi connectivity index (χ2v) is 5.45. The number of H-pyrrole nitrogens is 1. The molecular formula is C13H16N4O2. The summed E-state index contributed by atoms with van der Waals surface area (Å²) in [6.07, 6.45) is 3.34. The van der Waals surface area contributed by atoms with Gasteiger partial charge >= 0.3 is 0 Å². The van der Waals surface area contributed by atoms with E-state index in [1.54, 1.807) is 17.0 Å². The molecule has 100 valence electrons. The van der Waals surface area contributed by atoms with E-state index in [0.717, 1.165) is 5.56 Å². The fraction of sp³-hybridized carbons (Fsp3) is 0.385. The first-order valence-electron chi connectivity index (χ1n) is 5.89. The minimum Gasteiger partial charge on any atom is -0.505 e. The fourth-order valence-corrected chi connectivity index (χ4v) is 2.16. The van der Waals surface area contributed by atoms with Crippen LogP contribution < -0.4 is 0 Å². The summed E-state index contributed by atoms with van der Waals surface area (Å²) in [6, 6.07) is 1.83. The van der Waals surface area contributed by atoms with E-state index in [2.05, 4.69) is 10.2 Å². The Bertz CT molecular complexity index is 627. The van der Waals surface area contributed by atoms with Crippen molar-refractivity contribution >= 4 is 0 Å². The lowest BCUT2D eigenvalue weighted by Gasteiger charge is -2.21. The molecule has 0 unspecified atom stereocenters. The lowest BCUT2D eigenvalue weighted by Crippen LogP contribution is -2.18. The molecule has 0 fully saturated rings. The molecule has 2 aromatic heterocycles. The summed E-state index contributed by atoms with van der Waals surface area (Å²) < 4.78 is 1.54. The minimum atomic E-state index is -0.402. The van der Waals surface area contributed by atoms with Gasteiger partial charge in [0.05, 0.1) is 18.4 Å². The molecule has 0 saturated heterocycles. The lowest BCUT2D eigenvalue weighted by molar-refractivity contribution is 0.401. The van der Waals surface area contributed by atoms with E-state index in [-0.39, 0.29) is 17.2 Å². The molecule has 0 amide bonds. The van der Waals surface area contributed by atoms with E-state index >= 15 is 0 Å². The molecule has 19 heavy (non-hydrogen) atoms. The van der Waals surface area contributed by atoms with Gasteiger partial charge in [-0.1, -0.05) is 20.8 Å². The summed E-state index contributed by atoms with van der Waals surface area (Å²) in [5, 5.41) is 35.8. The van der Waals surface area contributed by atoms with Gasteiger partial charge in [-0.2, -0.15) is 10.4 Å². The number of aromatic hydroxyl groups is 2. The molecule has 2 rings (SSSR count). The predicted molar refractivity (Wildman–Crippen MR) is 68.9 cm³/mol. The van der Waals surface area contributed by atoms with Gasteiger partial charge < -0.3 is 14.8 Å². The average Bonchev–Trinajstić information content (AvgIpc) is 2.87. The van der Waals surface area contributed by atoms with Crippen molar-refractivity contribution in [2.45, 2.75) is 32.7 Å². The molecule has 6 heteroatoms. The highest BCUT2D eigenvalue weighted by atomic mass is 16.3. The van der Waals surface area contributed by atoms with E-state index in [1.165, 1.54) is 0 Å². The number of nitrogens with one attached hydrogen (secondary N) is 1. The molecule has 0 radical (unpaired) electrons. The highest BCUT2D eigenvalue weighted by molar-refractivity contribution is 5.56. The van der Waals surface area contributed by atoms with Crippen LogP contribution in [0.2, 0.25) is 0 Å². The van der Waals surface area contributed by atoms with Crippen LogP contribution in [0.15, 0.2) is 12.4 Å². The minimum absolute atomic E-state index is 0.0894. The highest BCUT2D eigenvalue weighted by Crippen LogP contribution is 2.40. The number of nitrogens with zero attached hydrogens (tertiary/aromatic N) is 3. The van der Waals surface area contributed by atoms with Gasteiger partial charge in [-0.3, -0.25) is 5.10 Å². The Morgan fingerprint density at radius 3 is 2.58 bits per heavy atom. The van der Waals surface area contributed by atoms with Crippen molar-refractivity contribution in [3.8, 4) is 17.7 Å². The van der Waals surface area contributed by atoms with Crippen molar-refractivity contribution in [1.82, 2.24) is 14.8 Å². The largest absolute Gasteiger partial charge is 0.505 e. The van der Waals surface area contributed by atoms with Gasteiger partial charge in [0.25, 0.3) is 0 Å². The summed E-state index contributed by atoms with van der Waals surface area (Å²) >= 11 is 0. The van der Waals surface area contributed by atoms with Crippen LogP contribution in [0.5, 0.6) is 11.6 Å². The predicted octanol–water partition coefficient (Wildman–Crippen LogP) is 1.84. The third kappa shape index (κ3) is 2.15. The normalized spacial score (nSPS) is 11.5. The van der Waals surface area contributed by atoms with Gasteiger partial charge in [-0.25, -0.2) is 0 Å².